The fourth-order valence-electron chi connectivity index (χ4n) is 4.73. The van der Waals surface area contributed by atoms with Crippen molar-refractivity contribution in [3.05, 3.63) is 137 Å². The van der Waals surface area contributed by atoms with Gasteiger partial charge in [-0.2, -0.15) is 0 Å². The molecule has 5 aromatic rings. The van der Waals surface area contributed by atoms with Crippen molar-refractivity contribution in [3.8, 4) is 11.5 Å². The smallest absolute Gasteiger partial charge is 0.301 e. The molecule has 0 saturated carbocycles. The van der Waals surface area contributed by atoms with Crippen LogP contribution >= 0.6 is 23.1 Å². The summed E-state index contributed by atoms with van der Waals surface area (Å²) in [5, 5.41) is 19.8. The zero-order valence-corrected chi connectivity index (χ0v) is 24.7. The number of para-hydroxylation sites is 1. The van der Waals surface area contributed by atoms with Gasteiger partial charge in [-0.15, -0.1) is 10.2 Å². The first-order valence-corrected chi connectivity index (χ1v) is 15.2. The normalized spacial score (nSPS) is 16.0. The number of aromatic nitrogens is 2. The predicted octanol–water partition coefficient (Wildman–Crippen LogP) is 7.84. The van der Waals surface area contributed by atoms with E-state index in [0.29, 0.717) is 32.5 Å². The molecule has 7 nitrogen and oxygen atoms in total. The number of amides is 1. The van der Waals surface area contributed by atoms with Crippen molar-refractivity contribution in [2.75, 3.05) is 4.90 Å². The molecule has 1 unspecified atom stereocenters. The minimum Gasteiger partial charge on any atom is -0.507 e. The molecule has 1 aliphatic rings. The fraction of sp³-hybridized carbons (Fsp3) is 0.0909. The Kier molecular flexibility index (Phi) is 8.23. The summed E-state index contributed by atoms with van der Waals surface area (Å²) in [6, 6.07) is 25.2. The summed E-state index contributed by atoms with van der Waals surface area (Å²) in [5.74, 6) is -2.05. The van der Waals surface area contributed by atoms with Crippen molar-refractivity contribution in [1.29, 1.82) is 0 Å². The summed E-state index contributed by atoms with van der Waals surface area (Å²) >= 11 is 2.29. The van der Waals surface area contributed by atoms with Crippen LogP contribution in [-0.4, -0.2) is 27.0 Å². The van der Waals surface area contributed by atoms with Gasteiger partial charge in [-0.1, -0.05) is 83.8 Å². The summed E-state index contributed by atoms with van der Waals surface area (Å²) in [6.45, 7) is 1.58. The van der Waals surface area contributed by atoms with Crippen LogP contribution in [0.3, 0.4) is 0 Å². The third-order valence-corrected chi connectivity index (χ3v) is 9.06. The number of halogens is 2. The quantitative estimate of drug-likeness (QED) is 0.0616. The lowest BCUT2D eigenvalue weighted by atomic mass is 9.95. The molecule has 1 N–H and O–H groups in total. The van der Waals surface area contributed by atoms with Gasteiger partial charge in [0.2, 0.25) is 5.13 Å². The molecule has 1 aromatic heterocycles. The first-order chi connectivity index (χ1) is 21.3. The average molecular weight is 628 g/mol. The lowest BCUT2D eigenvalue weighted by molar-refractivity contribution is -0.132. The van der Waals surface area contributed by atoms with Crippen LogP contribution in [0.25, 0.3) is 5.76 Å². The summed E-state index contributed by atoms with van der Waals surface area (Å²) in [7, 11) is 0. The zero-order valence-electron chi connectivity index (χ0n) is 23.1. The molecule has 6 rings (SSSR count). The van der Waals surface area contributed by atoms with Gasteiger partial charge in [0.1, 0.15) is 28.9 Å². The molecule has 11 heteroatoms. The number of aliphatic hydroxyl groups is 1. The second kappa shape index (κ2) is 12.4. The molecule has 0 bridgehead atoms. The number of aryl methyl sites for hydroxylation is 1. The van der Waals surface area contributed by atoms with E-state index in [4.69, 9.17) is 4.74 Å². The molecule has 0 spiro atoms. The van der Waals surface area contributed by atoms with E-state index in [-0.39, 0.29) is 27.8 Å². The maximum absolute atomic E-state index is 14.5. The fourth-order valence-corrected chi connectivity index (χ4v) is 6.58. The van der Waals surface area contributed by atoms with E-state index in [1.165, 1.54) is 34.9 Å². The van der Waals surface area contributed by atoms with E-state index in [2.05, 4.69) is 10.2 Å². The number of thioether (sulfide) groups is 1. The molecule has 4 aromatic carbocycles. The number of rotatable bonds is 8. The summed E-state index contributed by atoms with van der Waals surface area (Å²) in [5.41, 5.74) is 1.11. The number of hydrogen-bond acceptors (Lipinski definition) is 8. The van der Waals surface area contributed by atoms with Crippen LogP contribution < -0.4 is 9.64 Å². The van der Waals surface area contributed by atoms with E-state index in [1.54, 1.807) is 61.5 Å². The van der Waals surface area contributed by atoms with Gasteiger partial charge in [-0.25, -0.2) is 8.78 Å². The van der Waals surface area contributed by atoms with Gasteiger partial charge in [0.25, 0.3) is 5.78 Å². The molecule has 1 fully saturated rings. The molecule has 44 heavy (non-hydrogen) atoms. The molecule has 1 atom stereocenters. The zero-order chi connectivity index (χ0) is 30.8. The van der Waals surface area contributed by atoms with Gasteiger partial charge in [0.05, 0.1) is 11.6 Å². The van der Waals surface area contributed by atoms with Gasteiger partial charge in [-0.3, -0.25) is 14.5 Å². The number of hydrogen-bond donors (Lipinski definition) is 1. The van der Waals surface area contributed by atoms with Gasteiger partial charge in [0.15, 0.2) is 4.34 Å². The molecule has 0 aliphatic carbocycles. The standard InChI is InChI=1S/C33H23F2N3O4S2/c1-19-14-15-21(17-26(19)35)29(39)27-28(20-9-7-12-24(16-20)42-23-10-3-2-4-11-23)38(31(41)30(27)40)32-36-37-33(44-32)43-18-22-8-5-6-13-25(22)34/h2-17,28,39H,18H2,1H3/b29-27+. The van der Waals surface area contributed by atoms with Crippen molar-refractivity contribution < 1.29 is 28.2 Å². The number of Topliss-reactive ketones (excluding diaryl/α,β-unsaturated/α-hetero) is 1. The number of aliphatic hydroxyl groups excluding tert-OH is 1. The molecular formula is C33H23F2N3O4S2. The van der Waals surface area contributed by atoms with Gasteiger partial charge in [0, 0.05) is 11.3 Å². The molecule has 2 heterocycles. The SMILES string of the molecule is Cc1ccc(/C(O)=C2\C(=O)C(=O)N(c3nnc(SCc4ccccc4F)s3)C2c2cccc(Oc3ccccc3)c2)cc1F. The Morgan fingerprint density at radius 1 is 0.909 bits per heavy atom. The Bertz CT molecular complexity index is 1910. The van der Waals surface area contributed by atoms with Crippen LogP contribution in [-0.2, 0) is 15.3 Å². The Morgan fingerprint density at radius 3 is 2.43 bits per heavy atom. The lowest BCUT2D eigenvalue weighted by Crippen LogP contribution is -2.29. The number of carbonyl (C=O) groups is 2. The maximum atomic E-state index is 14.5. The van der Waals surface area contributed by atoms with E-state index < -0.39 is 29.3 Å². The highest BCUT2D eigenvalue weighted by Crippen LogP contribution is 2.45. The van der Waals surface area contributed by atoms with E-state index in [1.807, 2.05) is 18.2 Å². The summed E-state index contributed by atoms with van der Waals surface area (Å²) < 4.78 is 35.1. The lowest BCUT2D eigenvalue weighted by Gasteiger charge is -2.23. The highest BCUT2D eigenvalue weighted by atomic mass is 32.2. The van der Waals surface area contributed by atoms with Crippen molar-refractivity contribution in [2.24, 2.45) is 0 Å². The van der Waals surface area contributed by atoms with Crippen molar-refractivity contribution >= 4 is 45.7 Å². The van der Waals surface area contributed by atoms with Gasteiger partial charge in [-0.05, 0) is 60.0 Å². The molecule has 220 valence electrons. The topological polar surface area (TPSA) is 92.6 Å². The monoisotopic (exact) mass is 627 g/mol. The number of anilines is 1. The Labute approximate surface area is 259 Å². The van der Waals surface area contributed by atoms with Gasteiger partial charge >= 0.3 is 5.91 Å². The average Bonchev–Trinajstić information content (AvgIpc) is 3.60. The number of ketones is 1. The van der Waals surface area contributed by atoms with Crippen LogP contribution in [0.15, 0.2) is 107 Å². The van der Waals surface area contributed by atoms with Crippen molar-refractivity contribution in [2.45, 2.75) is 23.1 Å². The first-order valence-electron chi connectivity index (χ1n) is 13.4. The van der Waals surface area contributed by atoms with E-state index >= 15 is 0 Å². The molecule has 1 aliphatic heterocycles. The Morgan fingerprint density at radius 2 is 1.66 bits per heavy atom. The van der Waals surface area contributed by atoms with E-state index in [9.17, 15) is 23.5 Å². The third-order valence-electron chi connectivity index (χ3n) is 6.95. The largest absolute Gasteiger partial charge is 0.507 e. The Balaban J connectivity index is 1.41. The molecular weight excluding hydrogens is 605 g/mol. The highest BCUT2D eigenvalue weighted by molar-refractivity contribution is 8.00. The second-order valence-electron chi connectivity index (χ2n) is 9.85. The minimum atomic E-state index is -1.13. The van der Waals surface area contributed by atoms with Gasteiger partial charge < -0.3 is 9.84 Å². The highest BCUT2D eigenvalue weighted by Gasteiger charge is 2.48. The number of carbonyl (C=O) groups excluding carboxylic acids is 2. The summed E-state index contributed by atoms with van der Waals surface area (Å²) in [4.78, 5) is 28.3. The second-order valence-corrected chi connectivity index (χ2v) is 12.0. The van der Waals surface area contributed by atoms with Crippen LogP contribution in [0.1, 0.15) is 28.3 Å². The van der Waals surface area contributed by atoms with Crippen molar-refractivity contribution in [3.63, 3.8) is 0 Å². The minimum absolute atomic E-state index is 0.0474. The maximum Gasteiger partial charge on any atom is 0.301 e. The first kappa shape index (κ1) is 29.2. The molecule has 1 saturated heterocycles. The van der Waals surface area contributed by atoms with E-state index in [0.717, 1.165) is 17.4 Å². The molecule has 0 radical (unpaired) electrons. The number of benzene rings is 4. The number of ether oxygens (including phenoxy) is 1. The third kappa shape index (κ3) is 5.84. The van der Waals surface area contributed by atoms with Crippen LogP contribution in [0.5, 0.6) is 11.5 Å². The van der Waals surface area contributed by atoms with Crippen LogP contribution in [0, 0.1) is 18.6 Å². The van der Waals surface area contributed by atoms with Crippen LogP contribution in [0.2, 0.25) is 0 Å². The number of nitrogens with zero attached hydrogens (tertiary/aromatic N) is 3. The Hall–Kier alpha value is -4.87. The van der Waals surface area contributed by atoms with Crippen molar-refractivity contribution in [1.82, 2.24) is 10.2 Å². The van der Waals surface area contributed by atoms with Crippen LogP contribution in [0.4, 0.5) is 13.9 Å². The predicted molar refractivity (Wildman–Crippen MR) is 165 cm³/mol. The molecule has 1 amide bonds. The summed E-state index contributed by atoms with van der Waals surface area (Å²) in [6.07, 6.45) is 0.